The molecule has 1 saturated heterocycles. The summed E-state index contributed by atoms with van der Waals surface area (Å²) in [6.07, 6.45) is 2.13. The van der Waals surface area contributed by atoms with Crippen LogP contribution in [-0.4, -0.2) is 48.7 Å². The zero-order chi connectivity index (χ0) is 21.3. The van der Waals surface area contributed by atoms with Gasteiger partial charge in [0.25, 0.3) is 11.8 Å². The third kappa shape index (κ3) is 5.83. The summed E-state index contributed by atoms with van der Waals surface area (Å²) in [5.74, 6) is 1.07. The Balaban J connectivity index is 1.51. The number of hydrazone groups is 1. The summed E-state index contributed by atoms with van der Waals surface area (Å²) in [5, 5.41) is 4.17. The number of likely N-dealkylation sites (tertiary alicyclic amines) is 1. The third-order valence-corrected chi connectivity index (χ3v) is 4.85. The number of carbonyl (C=O) groups is 2. The molecule has 3 rings (SSSR count). The Morgan fingerprint density at radius 3 is 2.10 bits per heavy atom. The number of nitrogens with zero attached hydrogens (tertiary/aromatic N) is 2. The van der Waals surface area contributed by atoms with E-state index in [0.29, 0.717) is 23.6 Å². The minimum Gasteiger partial charge on any atom is -0.494 e. The Kier molecular flexibility index (Phi) is 7.43. The lowest BCUT2D eigenvalue weighted by atomic mass is 10.1. The Morgan fingerprint density at radius 2 is 1.50 bits per heavy atom. The number of hydrogen-bond acceptors (Lipinski definition) is 5. The van der Waals surface area contributed by atoms with Gasteiger partial charge in [-0.25, -0.2) is 5.43 Å². The molecule has 1 aliphatic heterocycles. The maximum atomic E-state index is 12.2. The van der Waals surface area contributed by atoms with E-state index in [1.807, 2.05) is 30.9 Å². The monoisotopic (exact) mass is 409 g/mol. The summed E-state index contributed by atoms with van der Waals surface area (Å²) >= 11 is 0. The largest absolute Gasteiger partial charge is 0.494 e. The molecule has 1 fully saturated rings. The molecule has 2 amide bonds. The summed E-state index contributed by atoms with van der Waals surface area (Å²) in [6, 6.07) is 14.2. The van der Waals surface area contributed by atoms with E-state index in [2.05, 4.69) is 10.5 Å². The molecule has 1 N–H and O–H groups in total. The summed E-state index contributed by atoms with van der Waals surface area (Å²) in [6.45, 7) is 5.98. The van der Waals surface area contributed by atoms with Gasteiger partial charge in [0, 0.05) is 18.7 Å². The van der Waals surface area contributed by atoms with E-state index in [1.54, 1.807) is 36.4 Å². The fourth-order valence-corrected chi connectivity index (χ4v) is 3.13. The fraction of sp³-hybridized carbons (Fsp3) is 0.348. The van der Waals surface area contributed by atoms with Crippen LogP contribution >= 0.6 is 0 Å². The number of rotatable bonds is 8. The first-order valence-corrected chi connectivity index (χ1v) is 10.2. The van der Waals surface area contributed by atoms with Gasteiger partial charge in [-0.3, -0.25) is 9.59 Å². The third-order valence-electron chi connectivity index (χ3n) is 4.85. The molecular weight excluding hydrogens is 382 g/mol. The average molecular weight is 409 g/mol. The van der Waals surface area contributed by atoms with Crippen LogP contribution in [0.15, 0.2) is 53.6 Å². The predicted molar refractivity (Wildman–Crippen MR) is 115 cm³/mol. The quantitative estimate of drug-likeness (QED) is 0.536. The van der Waals surface area contributed by atoms with E-state index in [1.165, 1.54) is 0 Å². The van der Waals surface area contributed by atoms with Gasteiger partial charge < -0.3 is 14.4 Å². The lowest BCUT2D eigenvalue weighted by Crippen LogP contribution is -2.32. The molecule has 1 aliphatic rings. The minimum atomic E-state index is -0.294. The fourth-order valence-electron chi connectivity index (χ4n) is 3.13. The van der Waals surface area contributed by atoms with E-state index < -0.39 is 0 Å². The first-order chi connectivity index (χ1) is 14.6. The highest BCUT2D eigenvalue weighted by Gasteiger charge is 2.18. The second kappa shape index (κ2) is 10.4. The van der Waals surface area contributed by atoms with E-state index in [9.17, 15) is 9.59 Å². The van der Waals surface area contributed by atoms with Crippen molar-refractivity contribution >= 4 is 17.5 Å². The number of carbonyl (C=O) groups excluding carboxylic acids is 2. The van der Waals surface area contributed by atoms with Gasteiger partial charge in [0.15, 0.2) is 6.61 Å². The van der Waals surface area contributed by atoms with Crippen LogP contribution in [0.5, 0.6) is 11.5 Å². The van der Waals surface area contributed by atoms with Crippen molar-refractivity contribution in [3.8, 4) is 11.5 Å². The van der Waals surface area contributed by atoms with Crippen molar-refractivity contribution in [2.75, 3.05) is 26.3 Å². The molecule has 7 heteroatoms. The molecule has 0 aliphatic carbocycles. The van der Waals surface area contributed by atoms with E-state index >= 15 is 0 Å². The molecule has 0 aromatic heterocycles. The Bertz CT molecular complexity index is 886. The van der Waals surface area contributed by atoms with Crippen molar-refractivity contribution in [2.45, 2.75) is 26.7 Å². The van der Waals surface area contributed by atoms with E-state index in [0.717, 1.165) is 37.2 Å². The molecule has 0 unspecified atom stereocenters. The van der Waals surface area contributed by atoms with Gasteiger partial charge >= 0.3 is 0 Å². The highest BCUT2D eigenvalue weighted by molar-refractivity contribution is 6.00. The Hall–Kier alpha value is -3.35. The molecule has 158 valence electrons. The summed E-state index contributed by atoms with van der Waals surface area (Å²) < 4.78 is 11.0. The topological polar surface area (TPSA) is 80.2 Å². The molecule has 1 heterocycles. The maximum Gasteiger partial charge on any atom is 0.271 e. The molecule has 0 atom stereocenters. The van der Waals surface area contributed by atoms with Crippen molar-refractivity contribution < 1.29 is 19.1 Å². The number of amides is 2. The normalized spacial score (nSPS) is 13.8. The van der Waals surface area contributed by atoms with Crippen molar-refractivity contribution in [3.05, 3.63) is 59.7 Å². The number of ether oxygens (including phenoxy) is 2. The average Bonchev–Trinajstić information content (AvgIpc) is 3.32. The lowest BCUT2D eigenvalue weighted by Gasteiger charge is -2.15. The van der Waals surface area contributed by atoms with Crippen molar-refractivity contribution in [1.82, 2.24) is 10.3 Å². The van der Waals surface area contributed by atoms with Crippen LogP contribution in [0.3, 0.4) is 0 Å². The van der Waals surface area contributed by atoms with Crippen molar-refractivity contribution in [3.63, 3.8) is 0 Å². The lowest BCUT2D eigenvalue weighted by molar-refractivity contribution is -0.132. The van der Waals surface area contributed by atoms with Crippen LogP contribution in [0.1, 0.15) is 42.6 Å². The van der Waals surface area contributed by atoms with Crippen molar-refractivity contribution in [1.29, 1.82) is 0 Å². The summed E-state index contributed by atoms with van der Waals surface area (Å²) in [5.41, 5.74) is 4.57. The zero-order valence-corrected chi connectivity index (χ0v) is 17.4. The van der Waals surface area contributed by atoms with Gasteiger partial charge in [-0.15, -0.1) is 0 Å². The van der Waals surface area contributed by atoms with Crippen molar-refractivity contribution in [2.24, 2.45) is 5.10 Å². The van der Waals surface area contributed by atoms with Gasteiger partial charge in [-0.05, 0) is 80.8 Å². The minimum absolute atomic E-state index is 0.0197. The number of nitrogens with one attached hydrogen (secondary N) is 1. The Morgan fingerprint density at radius 1 is 0.933 bits per heavy atom. The van der Waals surface area contributed by atoms with Crippen LogP contribution in [-0.2, 0) is 4.79 Å². The molecule has 2 aromatic carbocycles. The molecular formula is C23H27N3O4. The molecule has 0 spiro atoms. The van der Waals surface area contributed by atoms with Crippen LogP contribution in [0.2, 0.25) is 0 Å². The van der Waals surface area contributed by atoms with Crippen LogP contribution in [0.4, 0.5) is 0 Å². The molecule has 0 saturated carbocycles. The molecule has 30 heavy (non-hydrogen) atoms. The van der Waals surface area contributed by atoms with Gasteiger partial charge in [0.05, 0.1) is 12.3 Å². The highest BCUT2D eigenvalue weighted by Crippen LogP contribution is 2.15. The van der Waals surface area contributed by atoms with E-state index in [-0.39, 0.29) is 18.4 Å². The molecule has 0 bridgehead atoms. The standard InChI is InChI=1S/C23H27N3O4/c1-3-29-20-12-8-19(9-13-20)23(28)25-24-17(2)18-6-10-21(11-7-18)30-16-22(27)26-14-4-5-15-26/h6-13H,3-5,14-16H2,1-2H3,(H,25,28)/b24-17-. The van der Waals surface area contributed by atoms with Gasteiger partial charge in [0.2, 0.25) is 0 Å². The first-order valence-electron chi connectivity index (χ1n) is 10.2. The molecule has 7 nitrogen and oxygen atoms in total. The van der Waals surface area contributed by atoms with Gasteiger partial charge in [-0.1, -0.05) is 0 Å². The smallest absolute Gasteiger partial charge is 0.271 e. The summed E-state index contributed by atoms with van der Waals surface area (Å²) in [4.78, 5) is 26.1. The van der Waals surface area contributed by atoms with Gasteiger partial charge in [0.1, 0.15) is 11.5 Å². The zero-order valence-electron chi connectivity index (χ0n) is 17.4. The highest BCUT2D eigenvalue weighted by atomic mass is 16.5. The van der Waals surface area contributed by atoms with Crippen LogP contribution in [0.25, 0.3) is 0 Å². The van der Waals surface area contributed by atoms with Crippen LogP contribution < -0.4 is 14.9 Å². The first kappa shape index (κ1) is 21.4. The number of benzene rings is 2. The molecule has 0 radical (unpaired) electrons. The SMILES string of the molecule is CCOc1ccc(C(=O)N/N=C(/C)c2ccc(OCC(=O)N3CCCC3)cc2)cc1. The van der Waals surface area contributed by atoms with E-state index in [4.69, 9.17) is 9.47 Å². The van der Waals surface area contributed by atoms with Crippen LogP contribution in [0, 0.1) is 0 Å². The summed E-state index contributed by atoms with van der Waals surface area (Å²) in [7, 11) is 0. The van der Waals surface area contributed by atoms with Gasteiger partial charge in [-0.2, -0.15) is 5.10 Å². The molecule has 2 aromatic rings. The Labute approximate surface area is 176 Å². The number of hydrogen-bond donors (Lipinski definition) is 1. The second-order valence-electron chi connectivity index (χ2n) is 7.00. The predicted octanol–water partition coefficient (Wildman–Crippen LogP) is 3.24. The maximum absolute atomic E-state index is 12.2. The second-order valence-corrected chi connectivity index (χ2v) is 7.00.